The SMILES string of the molecule is O=C(O)N[C@@]12CCC[C@@H]1Cc1ccccc12. The first kappa shape index (κ1) is 9.70. The minimum absolute atomic E-state index is 0.289. The molecule has 0 unspecified atom stereocenters. The fraction of sp³-hybridized carbons (Fsp3) is 0.462. The van der Waals surface area contributed by atoms with Crippen molar-refractivity contribution in [2.45, 2.75) is 31.2 Å². The zero-order chi connectivity index (χ0) is 11.2. The van der Waals surface area contributed by atoms with Crippen molar-refractivity contribution in [1.82, 2.24) is 5.32 Å². The molecule has 1 fully saturated rings. The van der Waals surface area contributed by atoms with Crippen molar-refractivity contribution in [3.8, 4) is 0 Å². The molecule has 1 aromatic rings. The average molecular weight is 217 g/mol. The average Bonchev–Trinajstić information content (AvgIpc) is 2.72. The van der Waals surface area contributed by atoms with E-state index < -0.39 is 6.09 Å². The smallest absolute Gasteiger partial charge is 0.405 e. The lowest BCUT2D eigenvalue weighted by Crippen LogP contribution is -2.45. The number of hydrogen-bond acceptors (Lipinski definition) is 1. The van der Waals surface area contributed by atoms with E-state index in [-0.39, 0.29) is 5.54 Å². The van der Waals surface area contributed by atoms with Crippen LogP contribution in [0.1, 0.15) is 30.4 Å². The normalized spacial score (nSPS) is 30.9. The van der Waals surface area contributed by atoms with Crippen LogP contribution in [0.5, 0.6) is 0 Å². The van der Waals surface area contributed by atoms with Crippen molar-refractivity contribution in [3.63, 3.8) is 0 Å². The number of fused-ring (bicyclic) bond motifs is 3. The van der Waals surface area contributed by atoms with Crippen LogP contribution in [0.15, 0.2) is 24.3 Å². The van der Waals surface area contributed by atoms with E-state index in [2.05, 4.69) is 17.4 Å². The van der Waals surface area contributed by atoms with E-state index >= 15 is 0 Å². The molecule has 2 N–H and O–H groups in total. The highest BCUT2D eigenvalue weighted by Crippen LogP contribution is 2.51. The molecule has 3 rings (SSSR count). The Balaban J connectivity index is 2.09. The molecule has 0 heterocycles. The minimum Gasteiger partial charge on any atom is -0.465 e. The summed E-state index contributed by atoms with van der Waals surface area (Å²) in [6.07, 6.45) is 3.33. The molecule has 0 radical (unpaired) electrons. The van der Waals surface area contributed by atoms with Gasteiger partial charge in [-0.25, -0.2) is 4.79 Å². The van der Waals surface area contributed by atoms with Crippen LogP contribution < -0.4 is 5.32 Å². The summed E-state index contributed by atoms with van der Waals surface area (Å²) in [5, 5.41) is 11.8. The van der Waals surface area contributed by atoms with Gasteiger partial charge in [0.25, 0.3) is 0 Å². The highest BCUT2D eigenvalue weighted by atomic mass is 16.4. The number of carbonyl (C=O) groups is 1. The Kier molecular flexibility index (Phi) is 1.96. The van der Waals surface area contributed by atoms with Crippen molar-refractivity contribution in [3.05, 3.63) is 35.4 Å². The standard InChI is InChI=1S/C13H15NO2/c15-12(16)14-13-7-3-5-10(13)8-9-4-1-2-6-11(9)13/h1-2,4,6,10,14H,3,5,7-8H2,(H,15,16)/t10-,13+/m1/s1. The number of carboxylic acid groups (broad SMARTS) is 1. The van der Waals surface area contributed by atoms with Gasteiger partial charge in [-0.15, -0.1) is 0 Å². The second kappa shape index (κ2) is 3.24. The fourth-order valence-electron chi connectivity index (χ4n) is 3.53. The molecule has 16 heavy (non-hydrogen) atoms. The molecule has 1 aromatic carbocycles. The van der Waals surface area contributed by atoms with E-state index in [1.54, 1.807) is 0 Å². The summed E-state index contributed by atoms with van der Waals surface area (Å²) in [6, 6.07) is 8.24. The number of nitrogens with one attached hydrogen (secondary N) is 1. The Labute approximate surface area is 94.5 Å². The highest BCUT2D eigenvalue weighted by Gasteiger charge is 2.50. The maximum absolute atomic E-state index is 11.0. The van der Waals surface area contributed by atoms with Crippen molar-refractivity contribution in [2.75, 3.05) is 0 Å². The van der Waals surface area contributed by atoms with Crippen LogP contribution in [-0.2, 0) is 12.0 Å². The number of hydrogen-bond donors (Lipinski definition) is 2. The van der Waals surface area contributed by atoms with Crippen LogP contribution in [0.4, 0.5) is 4.79 Å². The Bertz CT molecular complexity index is 443. The van der Waals surface area contributed by atoms with E-state index in [9.17, 15) is 4.79 Å². The molecule has 2 aliphatic carbocycles. The summed E-state index contributed by atoms with van der Waals surface area (Å²) in [5.41, 5.74) is 2.24. The van der Waals surface area contributed by atoms with Gasteiger partial charge in [-0.05, 0) is 36.3 Å². The largest absolute Gasteiger partial charge is 0.465 e. The molecule has 1 saturated carbocycles. The van der Waals surface area contributed by atoms with Gasteiger partial charge in [0, 0.05) is 0 Å². The number of benzene rings is 1. The lowest BCUT2D eigenvalue weighted by Gasteiger charge is -2.30. The molecular weight excluding hydrogens is 202 g/mol. The summed E-state index contributed by atoms with van der Waals surface area (Å²) in [7, 11) is 0. The highest BCUT2D eigenvalue weighted by molar-refractivity contribution is 5.67. The Hall–Kier alpha value is -1.51. The first-order valence-electron chi connectivity index (χ1n) is 5.82. The lowest BCUT2D eigenvalue weighted by molar-refractivity contribution is 0.168. The van der Waals surface area contributed by atoms with Crippen LogP contribution in [0, 0.1) is 5.92 Å². The van der Waals surface area contributed by atoms with Gasteiger partial charge in [0.2, 0.25) is 0 Å². The molecule has 84 valence electrons. The van der Waals surface area contributed by atoms with E-state index in [1.807, 2.05) is 12.1 Å². The monoisotopic (exact) mass is 217 g/mol. The summed E-state index contributed by atoms with van der Waals surface area (Å²) < 4.78 is 0. The molecule has 0 saturated heterocycles. The molecule has 2 aliphatic rings. The van der Waals surface area contributed by atoms with Crippen molar-refractivity contribution in [2.24, 2.45) is 5.92 Å². The van der Waals surface area contributed by atoms with Crippen LogP contribution >= 0.6 is 0 Å². The fourth-order valence-corrected chi connectivity index (χ4v) is 3.53. The molecule has 0 aliphatic heterocycles. The van der Waals surface area contributed by atoms with E-state index in [0.717, 1.165) is 25.7 Å². The van der Waals surface area contributed by atoms with Gasteiger partial charge in [0.05, 0.1) is 5.54 Å². The Morgan fingerprint density at radius 1 is 1.44 bits per heavy atom. The van der Waals surface area contributed by atoms with E-state index in [1.165, 1.54) is 11.1 Å². The molecule has 0 aromatic heterocycles. The van der Waals surface area contributed by atoms with Gasteiger partial charge in [-0.3, -0.25) is 0 Å². The Morgan fingerprint density at radius 3 is 3.06 bits per heavy atom. The minimum atomic E-state index is -0.899. The number of amides is 1. The molecular formula is C13H15NO2. The quantitative estimate of drug-likeness (QED) is 0.759. The maximum Gasteiger partial charge on any atom is 0.405 e. The van der Waals surface area contributed by atoms with Crippen LogP contribution in [0.25, 0.3) is 0 Å². The summed E-state index contributed by atoms with van der Waals surface area (Å²) in [5.74, 6) is 0.459. The molecule has 0 bridgehead atoms. The molecule has 3 nitrogen and oxygen atoms in total. The van der Waals surface area contributed by atoms with Crippen LogP contribution in [0.3, 0.4) is 0 Å². The second-order valence-corrected chi connectivity index (χ2v) is 4.85. The van der Waals surface area contributed by atoms with Gasteiger partial charge < -0.3 is 10.4 Å². The third-order valence-electron chi connectivity index (χ3n) is 4.11. The van der Waals surface area contributed by atoms with E-state index in [4.69, 9.17) is 5.11 Å². The first-order valence-corrected chi connectivity index (χ1v) is 5.82. The number of rotatable bonds is 1. The first-order chi connectivity index (χ1) is 7.72. The predicted octanol–water partition coefficient (Wildman–Crippen LogP) is 2.51. The topological polar surface area (TPSA) is 49.3 Å². The van der Waals surface area contributed by atoms with Crippen molar-refractivity contribution >= 4 is 6.09 Å². The third-order valence-corrected chi connectivity index (χ3v) is 4.11. The van der Waals surface area contributed by atoms with Gasteiger partial charge in [-0.2, -0.15) is 0 Å². The van der Waals surface area contributed by atoms with Gasteiger partial charge in [-0.1, -0.05) is 30.7 Å². The Morgan fingerprint density at radius 2 is 2.25 bits per heavy atom. The van der Waals surface area contributed by atoms with Crippen LogP contribution in [-0.4, -0.2) is 11.2 Å². The van der Waals surface area contributed by atoms with Crippen LogP contribution in [0.2, 0.25) is 0 Å². The zero-order valence-electron chi connectivity index (χ0n) is 9.07. The molecule has 2 atom stereocenters. The van der Waals surface area contributed by atoms with Gasteiger partial charge in [0.15, 0.2) is 0 Å². The summed E-state index contributed by atoms with van der Waals surface area (Å²) >= 11 is 0. The van der Waals surface area contributed by atoms with Gasteiger partial charge >= 0.3 is 6.09 Å². The summed E-state index contributed by atoms with van der Waals surface area (Å²) in [4.78, 5) is 11.0. The van der Waals surface area contributed by atoms with E-state index in [0.29, 0.717) is 5.92 Å². The predicted molar refractivity (Wildman–Crippen MR) is 60.3 cm³/mol. The summed E-state index contributed by atoms with van der Waals surface area (Å²) in [6.45, 7) is 0. The van der Waals surface area contributed by atoms with Crippen molar-refractivity contribution < 1.29 is 9.90 Å². The third kappa shape index (κ3) is 1.17. The molecule has 0 spiro atoms. The molecule has 1 amide bonds. The lowest BCUT2D eigenvalue weighted by atomic mass is 9.86. The zero-order valence-corrected chi connectivity index (χ0v) is 9.07. The van der Waals surface area contributed by atoms with Gasteiger partial charge in [0.1, 0.15) is 0 Å². The molecule has 3 heteroatoms. The second-order valence-electron chi connectivity index (χ2n) is 4.85. The van der Waals surface area contributed by atoms with Crippen molar-refractivity contribution in [1.29, 1.82) is 0 Å². The maximum atomic E-state index is 11.0.